The molecule has 0 aliphatic carbocycles. The molecule has 0 saturated heterocycles. The molecule has 1 atom stereocenters. The summed E-state index contributed by atoms with van der Waals surface area (Å²) in [5, 5.41) is 0. The zero-order valence-corrected chi connectivity index (χ0v) is 43.7. The van der Waals surface area contributed by atoms with Crippen molar-refractivity contribution < 1.29 is 28.6 Å². The molecule has 0 amide bonds. The standard InChI is InChI=1S/C64H92O6/c1-4-7-10-13-16-19-22-25-28-31-32-34-36-39-42-45-48-51-54-57-63(66)69-60-61(59-68-62(65)56-53-50-47-44-41-38-35-30-27-24-21-18-15-12-9-6-3)70-64(67)58-55-52-49-46-43-40-37-33-29-26-23-20-17-14-11-8-5-2/h7-12,14,16-21,23,25-30,32-34,37-43,48,51,61H,4-6,13,15,22,24,31,35-36,44-47,49-50,52-60H2,1-3H3/b10-7-,11-8-,12-9-,17-14-,19-16-,21-18-,23-20-,28-25-,29-26-,30-27-,34-32-,37-33+,41-38-,42-39-,43-40-,51-48-. The molecule has 6 heteroatoms. The van der Waals surface area contributed by atoms with Crippen LogP contribution in [-0.4, -0.2) is 37.2 Å². The Bertz CT molecular complexity index is 1760. The van der Waals surface area contributed by atoms with Gasteiger partial charge < -0.3 is 14.2 Å². The van der Waals surface area contributed by atoms with Gasteiger partial charge in [-0.05, 0) is 116 Å². The first-order valence-electron chi connectivity index (χ1n) is 26.5. The van der Waals surface area contributed by atoms with Crippen LogP contribution in [0.1, 0.15) is 168 Å². The molecule has 0 aliphatic heterocycles. The number of ether oxygens (including phenoxy) is 3. The van der Waals surface area contributed by atoms with Gasteiger partial charge in [-0.3, -0.25) is 14.4 Å². The average Bonchev–Trinajstić information content (AvgIpc) is 3.36. The van der Waals surface area contributed by atoms with Crippen LogP contribution in [-0.2, 0) is 28.6 Å². The molecule has 0 spiro atoms. The fraction of sp³-hybridized carbons (Fsp3) is 0.453. The molecule has 0 bridgehead atoms. The molecule has 384 valence electrons. The van der Waals surface area contributed by atoms with Gasteiger partial charge in [-0.15, -0.1) is 0 Å². The van der Waals surface area contributed by atoms with Gasteiger partial charge in [-0.1, -0.05) is 228 Å². The summed E-state index contributed by atoms with van der Waals surface area (Å²) >= 11 is 0. The topological polar surface area (TPSA) is 78.9 Å². The zero-order valence-electron chi connectivity index (χ0n) is 43.7. The average molecular weight is 957 g/mol. The highest BCUT2D eigenvalue weighted by Crippen LogP contribution is 2.10. The maximum Gasteiger partial charge on any atom is 0.306 e. The predicted molar refractivity (Wildman–Crippen MR) is 301 cm³/mol. The highest BCUT2D eigenvalue weighted by molar-refractivity contribution is 5.71. The van der Waals surface area contributed by atoms with E-state index in [0.29, 0.717) is 12.8 Å². The van der Waals surface area contributed by atoms with E-state index in [1.807, 2.05) is 72.9 Å². The number of hydrogen-bond acceptors (Lipinski definition) is 6. The third kappa shape index (κ3) is 53.2. The summed E-state index contributed by atoms with van der Waals surface area (Å²) in [6.07, 6.45) is 85.6. The predicted octanol–water partition coefficient (Wildman–Crippen LogP) is 17.9. The Kier molecular flexibility index (Phi) is 51.3. The minimum Gasteiger partial charge on any atom is -0.462 e. The number of carbonyl (C=O) groups excluding carboxylic acids is 3. The van der Waals surface area contributed by atoms with E-state index in [1.54, 1.807) is 0 Å². The number of unbranched alkanes of at least 4 members (excludes halogenated alkanes) is 6. The van der Waals surface area contributed by atoms with Crippen LogP contribution in [0.2, 0.25) is 0 Å². The number of rotatable bonds is 44. The van der Waals surface area contributed by atoms with Gasteiger partial charge in [0, 0.05) is 19.3 Å². The second-order valence-corrected chi connectivity index (χ2v) is 16.4. The molecule has 0 heterocycles. The lowest BCUT2D eigenvalue weighted by Crippen LogP contribution is -2.30. The monoisotopic (exact) mass is 957 g/mol. The van der Waals surface area contributed by atoms with Gasteiger partial charge in [-0.25, -0.2) is 0 Å². The van der Waals surface area contributed by atoms with E-state index in [2.05, 4.69) is 142 Å². The lowest BCUT2D eigenvalue weighted by molar-refractivity contribution is -0.166. The van der Waals surface area contributed by atoms with Crippen molar-refractivity contribution in [1.82, 2.24) is 0 Å². The van der Waals surface area contributed by atoms with Gasteiger partial charge in [0.15, 0.2) is 6.10 Å². The van der Waals surface area contributed by atoms with Crippen LogP contribution < -0.4 is 0 Å². The smallest absolute Gasteiger partial charge is 0.306 e. The van der Waals surface area contributed by atoms with Crippen LogP contribution in [0.5, 0.6) is 0 Å². The Morgan fingerprint density at radius 1 is 0.300 bits per heavy atom. The van der Waals surface area contributed by atoms with Gasteiger partial charge >= 0.3 is 17.9 Å². The van der Waals surface area contributed by atoms with Gasteiger partial charge in [0.25, 0.3) is 0 Å². The number of esters is 3. The molecule has 6 nitrogen and oxygen atoms in total. The lowest BCUT2D eigenvalue weighted by atomic mass is 10.1. The quantitative estimate of drug-likeness (QED) is 0.0199. The van der Waals surface area contributed by atoms with Gasteiger partial charge in [0.2, 0.25) is 0 Å². The molecule has 0 aromatic carbocycles. The fourth-order valence-corrected chi connectivity index (χ4v) is 6.13. The van der Waals surface area contributed by atoms with Crippen molar-refractivity contribution in [1.29, 1.82) is 0 Å². The molecule has 0 saturated carbocycles. The number of hydrogen-bond donors (Lipinski definition) is 0. The van der Waals surface area contributed by atoms with Crippen molar-refractivity contribution in [3.05, 3.63) is 194 Å². The molecule has 0 aromatic rings. The molecule has 0 aliphatic rings. The van der Waals surface area contributed by atoms with Gasteiger partial charge in [0.05, 0.1) is 0 Å². The summed E-state index contributed by atoms with van der Waals surface area (Å²) in [5.41, 5.74) is 0. The van der Waals surface area contributed by atoms with Crippen LogP contribution >= 0.6 is 0 Å². The maximum absolute atomic E-state index is 12.8. The van der Waals surface area contributed by atoms with Crippen molar-refractivity contribution in [2.75, 3.05) is 13.2 Å². The summed E-state index contributed by atoms with van der Waals surface area (Å²) in [6, 6.07) is 0. The van der Waals surface area contributed by atoms with Crippen molar-refractivity contribution in [2.45, 2.75) is 175 Å². The third-order valence-electron chi connectivity index (χ3n) is 10.0. The fourth-order valence-electron chi connectivity index (χ4n) is 6.13. The van der Waals surface area contributed by atoms with Crippen molar-refractivity contribution in [2.24, 2.45) is 0 Å². The zero-order chi connectivity index (χ0) is 50.7. The van der Waals surface area contributed by atoms with Crippen LogP contribution in [0, 0.1) is 0 Å². The summed E-state index contributed by atoms with van der Waals surface area (Å²) in [6.45, 7) is 6.09. The molecule has 70 heavy (non-hydrogen) atoms. The Balaban J connectivity index is 4.71. The van der Waals surface area contributed by atoms with E-state index in [0.717, 1.165) is 116 Å². The summed E-state index contributed by atoms with van der Waals surface area (Å²) in [7, 11) is 0. The number of carbonyl (C=O) groups is 3. The minimum absolute atomic E-state index is 0.148. The molecule has 0 aromatic heterocycles. The summed E-state index contributed by atoms with van der Waals surface area (Å²) < 4.78 is 16.7. The number of allylic oxidation sites excluding steroid dienone is 32. The van der Waals surface area contributed by atoms with Crippen LogP contribution in [0.25, 0.3) is 0 Å². The first-order chi connectivity index (χ1) is 34.5. The van der Waals surface area contributed by atoms with E-state index < -0.39 is 12.1 Å². The molecule has 0 rings (SSSR count). The van der Waals surface area contributed by atoms with E-state index in [-0.39, 0.29) is 44.4 Å². The van der Waals surface area contributed by atoms with Gasteiger partial charge in [-0.2, -0.15) is 0 Å². The molecular formula is C64H92O6. The van der Waals surface area contributed by atoms with Crippen molar-refractivity contribution in [3.8, 4) is 0 Å². The summed E-state index contributed by atoms with van der Waals surface area (Å²) in [4.78, 5) is 38.0. The largest absolute Gasteiger partial charge is 0.462 e. The van der Waals surface area contributed by atoms with Crippen LogP contribution in [0.15, 0.2) is 194 Å². The molecular weight excluding hydrogens is 865 g/mol. The van der Waals surface area contributed by atoms with E-state index in [9.17, 15) is 14.4 Å². The SMILES string of the molecule is CC\C=C/C=C\C=C/C=C\C=C\C=C/CCCCCC(=O)OC(COC(=O)CC/C=C\C/C=C\C/C=C\C/C=C\C/C=C\C/C=C\CC)COC(=O)CCCCC/C=C\C/C=C\C/C=C\C/C=C\CC. The van der Waals surface area contributed by atoms with Crippen LogP contribution in [0.3, 0.4) is 0 Å². The second-order valence-electron chi connectivity index (χ2n) is 16.4. The van der Waals surface area contributed by atoms with Crippen LogP contribution in [0.4, 0.5) is 0 Å². The molecule has 0 N–H and O–H groups in total. The molecule has 1 unspecified atom stereocenters. The highest BCUT2D eigenvalue weighted by atomic mass is 16.6. The Hall–Kier alpha value is -5.75. The van der Waals surface area contributed by atoms with Gasteiger partial charge in [0.1, 0.15) is 13.2 Å². The van der Waals surface area contributed by atoms with E-state index in [4.69, 9.17) is 14.2 Å². The van der Waals surface area contributed by atoms with Crippen molar-refractivity contribution >= 4 is 17.9 Å². The Morgan fingerprint density at radius 3 is 1.03 bits per heavy atom. The van der Waals surface area contributed by atoms with Crippen molar-refractivity contribution in [3.63, 3.8) is 0 Å². The van der Waals surface area contributed by atoms with E-state index >= 15 is 0 Å². The first kappa shape index (κ1) is 64.2. The Morgan fingerprint density at radius 2 is 0.614 bits per heavy atom. The maximum atomic E-state index is 12.8. The normalized spacial score (nSPS) is 13.7. The molecule has 0 fully saturated rings. The minimum atomic E-state index is -0.858. The van der Waals surface area contributed by atoms with E-state index in [1.165, 1.54) is 0 Å². The first-order valence-corrected chi connectivity index (χ1v) is 26.5. The third-order valence-corrected chi connectivity index (χ3v) is 10.0. The lowest BCUT2D eigenvalue weighted by Gasteiger charge is -2.18. The summed E-state index contributed by atoms with van der Waals surface area (Å²) in [5.74, 6) is -1.13. The molecule has 0 radical (unpaired) electrons. The highest BCUT2D eigenvalue weighted by Gasteiger charge is 2.19. The Labute approximate surface area is 427 Å². The second kappa shape index (κ2) is 55.8.